The molecule has 0 aliphatic rings. The summed E-state index contributed by atoms with van der Waals surface area (Å²) >= 11 is 0. The molecule has 0 aromatic heterocycles. The second-order valence-electron chi connectivity index (χ2n) is 3.80. The molecule has 19 heavy (non-hydrogen) atoms. The van der Waals surface area contributed by atoms with E-state index in [2.05, 4.69) is 5.32 Å². The van der Waals surface area contributed by atoms with Crippen molar-refractivity contribution in [1.29, 1.82) is 0 Å². The Morgan fingerprint density at radius 3 is 2.63 bits per heavy atom. The van der Waals surface area contributed by atoms with Gasteiger partial charge in [-0.3, -0.25) is 14.9 Å². The van der Waals surface area contributed by atoms with E-state index in [0.717, 1.165) is 0 Å². The van der Waals surface area contributed by atoms with Crippen molar-refractivity contribution in [3.8, 4) is 0 Å². The number of hydrogen-bond donors (Lipinski definition) is 2. The fraction of sp³-hybridized carbons (Fsp3) is 0.364. The van der Waals surface area contributed by atoms with Crippen LogP contribution in [0.2, 0.25) is 0 Å². The zero-order valence-corrected chi connectivity index (χ0v) is 10.0. The van der Waals surface area contributed by atoms with Crippen molar-refractivity contribution in [2.45, 2.75) is 19.4 Å². The van der Waals surface area contributed by atoms with Gasteiger partial charge in [0.2, 0.25) is 5.82 Å². The first-order valence-corrected chi connectivity index (χ1v) is 5.45. The van der Waals surface area contributed by atoms with Crippen LogP contribution in [0.4, 0.5) is 14.5 Å². The number of hydrogen-bond acceptors (Lipinski definition) is 4. The second kappa shape index (κ2) is 6.19. The van der Waals surface area contributed by atoms with Crippen molar-refractivity contribution in [3.05, 3.63) is 39.4 Å². The van der Waals surface area contributed by atoms with Crippen LogP contribution in [-0.2, 0) is 0 Å². The Labute approximate surface area is 107 Å². The van der Waals surface area contributed by atoms with Gasteiger partial charge in [0.15, 0.2) is 0 Å². The Kier molecular flexibility index (Phi) is 4.87. The maximum atomic E-state index is 13.7. The quantitative estimate of drug-likeness (QED) is 0.626. The van der Waals surface area contributed by atoms with E-state index < -0.39 is 39.8 Å². The van der Waals surface area contributed by atoms with Crippen LogP contribution in [0.5, 0.6) is 0 Å². The predicted molar refractivity (Wildman–Crippen MR) is 61.6 cm³/mol. The van der Waals surface area contributed by atoms with Gasteiger partial charge in [0, 0.05) is 0 Å². The maximum absolute atomic E-state index is 13.7. The number of nitrogens with one attached hydrogen (secondary N) is 1. The number of aliphatic hydroxyl groups excluding tert-OH is 1. The molecule has 1 amide bonds. The van der Waals surface area contributed by atoms with E-state index in [-0.39, 0.29) is 6.61 Å². The molecule has 6 nitrogen and oxygen atoms in total. The highest BCUT2D eigenvalue weighted by Crippen LogP contribution is 2.22. The van der Waals surface area contributed by atoms with Crippen LogP contribution < -0.4 is 5.32 Å². The van der Waals surface area contributed by atoms with E-state index in [1.54, 1.807) is 6.92 Å². The molecule has 0 heterocycles. The number of benzene rings is 1. The molecular formula is C11H12F2N2O4. The fourth-order valence-electron chi connectivity index (χ4n) is 1.41. The lowest BCUT2D eigenvalue weighted by Crippen LogP contribution is -2.37. The van der Waals surface area contributed by atoms with Gasteiger partial charge in [-0.2, -0.15) is 4.39 Å². The summed E-state index contributed by atoms with van der Waals surface area (Å²) in [5, 5.41) is 21.7. The molecule has 1 rings (SSSR count). The molecule has 8 heteroatoms. The van der Waals surface area contributed by atoms with Crippen molar-refractivity contribution in [3.63, 3.8) is 0 Å². The van der Waals surface area contributed by atoms with E-state index >= 15 is 0 Å². The van der Waals surface area contributed by atoms with E-state index in [1.165, 1.54) is 0 Å². The standard InChI is InChI=1S/C11H12F2N2O4/c1-2-7(5-16)14-11(17)8-3-6(12)4-9(10(8)13)15(18)19/h3-4,7,16H,2,5H2,1H3,(H,14,17). The number of carbonyl (C=O) groups is 1. The van der Waals surface area contributed by atoms with E-state index in [1.807, 2.05) is 0 Å². The number of nitrogens with zero attached hydrogens (tertiary/aromatic N) is 1. The molecule has 0 spiro atoms. The first kappa shape index (κ1) is 15.0. The number of amides is 1. The first-order valence-electron chi connectivity index (χ1n) is 5.45. The molecule has 0 saturated heterocycles. The third-order valence-corrected chi connectivity index (χ3v) is 2.51. The lowest BCUT2D eigenvalue weighted by molar-refractivity contribution is -0.387. The van der Waals surface area contributed by atoms with Crippen LogP contribution in [0.15, 0.2) is 12.1 Å². The molecule has 0 saturated carbocycles. The van der Waals surface area contributed by atoms with Gasteiger partial charge in [-0.05, 0) is 12.5 Å². The number of aliphatic hydroxyl groups is 1. The normalized spacial score (nSPS) is 12.0. The Balaban J connectivity index is 3.13. The molecule has 0 aliphatic heterocycles. The molecule has 0 fully saturated rings. The van der Waals surface area contributed by atoms with Crippen LogP contribution in [-0.4, -0.2) is 28.6 Å². The number of halogens is 2. The number of rotatable bonds is 5. The summed E-state index contributed by atoms with van der Waals surface area (Å²) in [5.74, 6) is -3.51. The summed E-state index contributed by atoms with van der Waals surface area (Å²) in [7, 11) is 0. The first-order chi connectivity index (χ1) is 8.90. The van der Waals surface area contributed by atoms with Gasteiger partial charge in [-0.15, -0.1) is 0 Å². The van der Waals surface area contributed by atoms with Crippen molar-refractivity contribution in [2.75, 3.05) is 6.61 Å². The lowest BCUT2D eigenvalue weighted by Gasteiger charge is -2.14. The zero-order valence-electron chi connectivity index (χ0n) is 10.0. The molecule has 104 valence electrons. The Morgan fingerprint density at radius 1 is 1.53 bits per heavy atom. The number of nitro benzene ring substituents is 1. The minimum atomic E-state index is -1.41. The highest BCUT2D eigenvalue weighted by Gasteiger charge is 2.25. The van der Waals surface area contributed by atoms with E-state index in [9.17, 15) is 23.7 Å². The van der Waals surface area contributed by atoms with Gasteiger partial charge in [0.1, 0.15) is 5.82 Å². The summed E-state index contributed by atoms with van der Waals surface area (Å²) in [6, 6.07) is 0.339. The largest absolute Gasteiger partial charge is 0.394 e. The third kappa shape index (κ3) is 3.44. The van der Waals surface area contributed by atoms with Gasteiger partial charge in [-0.25, -0.2) is 4.39 Å². The topological polar surface area (TPSA) is 92.5 Å². The molecule has 2 N–H and O–H groups in total. The number of nitro groups is 1. The molecule has 0 aliphatic carbocycles. The van der Waals surface area contributed by atoms with Crippen LogP contribution in [0.25, 0.3) is 0 Å². The molecule has 1 unspecified atom stereocenters. The molecular weight excluding hydrogens is 262 g/mol. The summed E-state index contributed by atoms with van der Waals surface area (Å²) in [6.45, 7) is 1.30. The minimum absolute atomic E-state index is 0.374. The molecule has 0 bridgehead atoms. The molecule has 1 aromatic carbocycles. The smallest absolute Gasteiger partial charge is 0.308 e. The summed E-state index contributed by atoms with van der Waals surface area (Å²) in [6.07, 6.45) is 0.376. The van der Waals surface area contributed by atoms with Gasteiger partial charge in [0.05, 0.1) is 29.2 Å². The van der Waals surface area contributed by atoms with Gasteiger partial charge < -0.3 is 10.4 Å². The average molecular weight is 274 g/mol. The highest BCUT2D eigenvalue weighted by molar-refractivity contribution is 5.95. The fourth-order valence-corrected chi connectivity index (χ4v) is 1.41. The Morgan fingerprint density at radius 2 is 2.16 bits per heavy atom. The summed E-state index contributed by atoms with van der Waals surface area (Å²) < 4.78 is 26.8. The second-order valence-corrected chi connectivity index (χ2v) is 3.80. The Bertz CT molecular complexity index is 504. The van der Waals surface area contributed by atoms with Crippen LogP contribution in [0, 0.1) is 21.7 Å². The van der Waals surface area contributed by atoms with Crippen molar-refractivity contribution >= 4 is 11.6 Å². The minimum Gasteiger partial charge on any atom is -0.394 e. The maximum Gasteiger partial charge on any atom is 0.308 e. The SMILES string of the molecule is CCC(CO)NC(=O)c1cc(F)cc([N+](=O)[O-])c1F. The Hall–Kier alpha value is -2.09. The van der Waals surface area contributed by atoms with Gasteiger partial charge >= 0.3 is 5.69 Å². The average Bonchev–Trinajstić information content (AvgIpc) is 2.37. The van der Waals surface area contributed by atoms with E-state index in [4.69, 9.17) is 5.11 Å². The van der Waals surface area contributed by atoms with Crippen LogP contribution >= 0.6 is 0 Å². The highest BCUT2D eigenvalue weighted by atomic mass is 19.1. The molecule has 0 radical (unpaired) electrons. The molecule has 1 atom stereocenters. The number of carbonyl (C=O) groups excluding carboxylic acids is 1. The van der Waals surface area contributed by atoms with Crippen LogP contribution in [0.1, 0.15) is 23.7 Å². The predicted octanol–water partition coefficient (Wildman–Crippen LogP) is 1.37. The lowest BCUT2D eigenvalue weighted by atomic mass is 10.1. The zero-order chi connectivity index (χ0) is 14.6. The monoisotopic (exact) mass is 274 g/mol. The molecule has 1 aromatic rings. The van der Waals surface area contributed by atoms with Crippen molar-refractivity contribution in [1.82, 2.24) is 5.32 Å². The van der Waals surface area contributed by atoms with Crippen LogP contribution in [0.3, 0.4) is 0 Å². The van der Waals surface area contributed by atoms with Gasteiger partial charge in [0.25, 0.3) is 5.91 Å². The third-order valence-electron chi connectivity index (χ3n) is 2.51. The van der Waals surface area contributed by atoms with Crippen molar-refractivity contribution < 1.29 is 23.6 Å². The summed E-state index contributed by atoms with van der Waals surface area (Å²) in [5.41, 5.74) is -1.87. The van der Waals surface area contributed by atoms with Crippen molar-refractivity contribution in [2.24, 2.45) is 0 Å². The summed E-state index contributed by atoms with van der Waals surface area (Å²) in [4.78, 5) is 21.1. The van der Waals surface area contributed by atoms with E-state index in [0.29, 0.717) is 18.6 Å². The van der Waals surface area contributed by atoms with Gasteiger partial charge in [-0.1, -0.05) is 6.92 Å².